The van der Waals surface area contributed by atoms with Gasteiger partial charge >= 0.3 is 0 Å². The van der Waals surface area contributed by atoms with Gasteiger partial charge in [-0.2, -0.15) is 10.5 Å². The van der Waals surface area contributed by atoms with Crippen molar-refractivity contribution >= 4 is 5.91 Å². The molecular formula is C18H15N3O. The average Bonchev–Trinajstić information content (AvgIpc) is 2.58. The van der Waals surface area contributed by atoms with Crippen molar-refractivity contribution in [2.24, 2.45) is 0 Å². The van der Waals surface area contributed by atoms with Gasteiger partial charge in [0.15, 0.2) is 0 Å². The Balaban J connectivity index is 1.80. The summed E-state index contributed by atoms with van der Waals surface area (Å²) in [6.45, 7) is 0.418. The predicted octanol–water partition coefficient (Wildman–Crippen LogP) is 2.68. The molecule has 0 saturated carbocycles. The maximum Gasteiger partial charge on any atom is 0.220 e. The van der Waals surface area contributed by atoms with Gasteiger partial charge in [-0.15, -0.1) is 0 Å². The van der Waals surface area contributed by atoms with Gasteiger partial charge in [0, 0.05) is 13.0 Å². The quantitative estimate of drug-likeness (QED) is 0.919. The highest BCUT2D eigenvalue weighted by Gasteiger charge is 2.03. The minimum absolute atomic E-state index is 0.0354. The molecule has 1 N–H and O–H groups in total. The molecule has 0 aliphatic carbocycles. The molecule has 4 heteroatoms. The topological polar surface area (TPSA) is 76.7 Å². The Hall–Kier alpha value is -3.11. The number of nitriles is 2. The maximum absolute atomic E-state index is 11.8. The molecule has 0 fully saturated rings. The van der Waals surface area contributed by atoms with Crippen LogP contribution < -0.4 is 5.32 Å². The van der Waals surface area contributed by atoms with Crippen LogP contribution in [0.3, 0.4) is 0 Å². The standard InChI is InChI=1S/C18H15N3O/c19-11-15-6-4-14(5-7-15)8-9-18(22)21-13-17-3-1-2-16(10-17)12-20/h1-7,10H,8-9,13H2,(H,21,22). The molecule has 0 heterocycles. The minimum Gasteiger partial charge on any atom is -0.352 e. The molecule has 2 aromatic carbocycles. The van der Waals surface area contributed by atoms with Crippen molar-refractivity contribution in [3.63, 3.8) is 0 Å². The number of benzene rings is 2. The molecule has 1 amide bonds. The van der Waals surface area contributed by atoms with Crippen molar-refractivity contribution in [1.82, 2.24) is 5.32 Å². The zero-order valence-corrected chi connectivity index (χ0v) is 12.0. The molecule has 0 unspecified atom stereocenters. The molecule has 22 heavy (non-hydrogen) atoms. The van der Waals surface area contributed by atoms with Gasteiger partial charge in [-0.3, -0.25) is 4.79 Å². The molecule has 0 saturated heterocycles. The SMILES string of the molecule is N#Cc1ccc(CCC(=O)NCc2cccc(C#N)c2)cc1. The van der Waals surface area contributed by atoms with Gasteiger partial charge in [0.1, 0.15) is 0 Å². The van der Waals surface area contributed by atoms with Crippen LogP contribution in [0, 0.1) is 22.7 Å². The van der Waals surface area contributed by atoms with Crippen molar-refractivity contribution in [1.29, 1.82) is 10.5 Å². The first-order valence-electron chi connectivity index (χ1n) is 6.96. The Kier molecular flexibility index (Phi) is 5.29. The van der Waals surface area contributed by atoms with Gasteiger partial charge in [0.05, 0.1) is 23.3 Å². The summed E-state index contributed by atoms with van der Waals surface area (Å²) in [6, 6.07) is 18.5. The molecule has 0 spiro atoms. The van der Waals surface area contributed by atoms with Crippen LogP contribution in [-0.4, -0.2) is 5.91 Å². The van der Waals surface area contributed by atoms with Crippen molar-refractivity contribution in [2.45, 2.75) is 19.4 Å². The van der Waals surface area contributed by atoms with E-state index in [2.05, 4.69) is 17.5 Å². The fourth-order valence-corrected chi connectivity index (χ4v) is 2.04. The smallest absolute Gasteiger partial charge is 0.220 e. The first kappa shape index (κ1) is 15.3. The summed E-state index contributed by atoms with van der Waals surface area (Å²) in [7, 11) is 0. The lowest BCUT2D eigenvalue weighted by Crippen LogP contribution is -2.23. The molecule has 0 aliphatic rings. The van der Waals surface area contributed by atoms with Crippen molar-refractivity contribution in [3.05, 3.63) is 70.8 Å². The third kappa shape index (κ3) is 4.47. The van der Waals surface area contributed by atoms with E-state index in [0.29, 0.717) is 30.5 Å². The van der Waals surface area contributed by atoms with E-state index >= 15 is 0 Å². The lowest BCUT2D eigenvalue weighted by Gasteiger charge is -2.06. The summed E-state index contributed by atoms with van der Waals surface area (Å²) in [5.41, 5.74) is 3.14. The Bertz CT molecular complexity index is 736. The van der Waals surface area contributed by atoms with Crippen LogP contribution in [0.1, 0.15) is 28.7 Å². The van der Waals surface area contributed by atoms with Gasteiger partial charge in [-0.05, 0) is 41.8 Å². The van der Waals surface area contributed by atoms with Gasteiger partial charge < -0.3 is 5.32 Å². The second-order valence-corrected chi connectivity index (χ2v) is 4.90. The van der Waals surface area contributed by atoms with Crippen LogP contribution in [0.5, 0.6) is 0 Å². The van der Waals surface area contributed by atoms with Crippen molar-refractivity contribution in [2.75, 3.05) is 0 Å². The van der Waals surface area contributed by atoms with E-state index in [1.807, 2.05) is 18.2 Å². The third-order valence-corrected chi connectivity index (χ3v) is 3.27. The summed E-state index contributed by atoms with van der Waals surface area (Å²) in [6.07, 6.45) is 1.03. The number of nitrogens with zero attached hydrogens (tertiary/aromatic N) is 2. The van der Waals surface area contributed by atoms with Crippen LogP contribution in [0.25, 0.3) is 0 Å². The largest absolute Gasteiger partial charge is 0.352 e. The molecular weight excluding hydrogens is 274 g/mol. The highest BCUT2D eigenvalue weighted by molar-refractivity contribution is 5.76. The summed E-state index contributed by atoms with van der Waals surface area (Å²) < 4.78 is 0. The number of carbonyl (C=O) groups excluding carboxylic acids is 1. The van der Waals surface area contributed by atoms with Crippen molar-refractivity contribution < 1.29 is 4.79 Å². The highest BCUT2D eigenvalue weighted by Crippen LogP contribution is 2.07. The van der Waals surface area contributed by atoms with E-state index < -0.39 is 0 Å². The molecule has 0 radical (unpaired) electrons. The molecule has 2 rings (SSSR count). The number of aryl methyl sites for hydroxylation is 1. The highest BCUT2D eigenvalue weighted by atomic mass is 16.1. The third-order valence-electron chi connectivity index (χ3n) is 3.27. The van der Waals surface area contributed by atoms with Gasteiger partial charge in [-0.25, -0.2) is 0 Å². The maximum atomic E-state index is 11.8. The predicted molar refractivity (Wildman–Crippen MR) is 82.5 cm³/mol. The summed E-state index contributed by atoms with van der Waals surface area (Å²) >= 11 is 0. The molecule has 4 nitrogen and oxygen atoms in total. The zero-order chi connectivity index (χ0) is 15.8. The average molecular weight is 289 g/mol. The van der Waals surface area contributed by atoms with Crippen molar-refractivity contribution in [3.8, 4) is 12.1 Å². The molecule has 0 atom stereocenters. The Morgan fingerprint density at radius 1 is 0.955 bits per heavy atom. The summed E-state index contributed by atoms with van der Waals surface area (Å²) in [4.78, 5) is 11.8. The van der Waals surface area contributed by atoms with Gasteiger partial charge in [0.25, 0.3) is 0 Å². The summed E-state index contributed by atoms with van der Waals surface area (Å²) in [5.74, 6) is -0.0354. The molecule has 0 aromatic heterocycles. The van der Waals surface area contributed by atoms with Crippen LogP contribution in [0.4, 0.5) is 0 Å². The minimum atomic E-state index is -0.0354. The van der Waals surface area contributed by atoms with E-state index in [0.717, 1.165) is 11.1 Å². The fraction of sp³-hybridized carbons (Fsp3) is 0.167. The lowest BCUT2D eigenvalue weighted by molar-refractivity contribution is -0.121. The molecule has 0 aliphatic heterocycles. The van der Waals surface area contributed by atoms with E-state index in [9.17, 15) is 4.79 Å². The normalized spacial score (nSPS) is 9.55. The van der Waals surface area contributed by atoms with Crippen LogP contribution in [-0.2, 0) is 17.8 Å². The second-order valence-electron chi connectivity index (χ2n) is 4.90. The van der Waals surface area contributed by atoms with Gasteiger partial charge in [-0.1, -0.05) is 24.3 Å². The van der Waals surface area contributed by atoms with E-state index in [1.165, 1.54) is 0 Å². The molecule has 2 aromatic rings. The lowest BCUT2D eigenvalue weighted by atomic mass is 10.1. The number of rotatable bonds is 5. The van der Waals surface area contributed by atoms with Crippen LogP contribution >= 0.6 is 0 Å². The zero-order valence-electron chi connectivity index (χ0n) is 12.0. The Labute approximate surface area is 129 Å². The number of nitrogens with one attached hydrogen (secondary N) is 1. The first-order chi connectivity index (χ1) is 10.7. The van der Waals surface area contributed by atoms with E-state index in [-0.39, 0.29) is 5.91 Å². The van der Waals surface area contributed by atoms with Crippen LogP contribution in [0.2, 0.25) is 0 Å². The van der Waals surface area contributed by atoms with Gasteiger partial charge in [0.2, 0.25) is 5.91 Å². The molecule has 0 bridgehead atoms. The summed E-state index contributed by atoms with van der Waals surface area (Å²) in [5, 5.41) is 20.4. The second kappa shape index (κ2) is 7.61. The van der Waals surface area contributed by atoms with E-state index in [1.54, 1.807) is 30.3 Å². The first-order valence-corrected chi connectivity index (χ1v) is 6.96. The fourth-order valence-electron chi connectivity index (χ4n) is 2.04. The van der Waals surface area contributed by atoms with Crippen LogP contribution in [0.15, 0.2) is 48.5 Å². The number of amides is 1. The number of hydrogen-bond donors (Lipinski definition) is 1. The Morgan fingerprint density at radius 3 is 2.36 bits per heavy atom. The number of carbonyl (C=O) groups is 1. The molecule has 108 valence electrons. The monoisotopic (exact) mass is 289 g/mol. The Morgan fingerprint density at radius 2 is 1.68 bits per heavy atom. The number of hydrogen-bond acceptors (Lipinski definition) is 3. The van der Waals surface area contributed by atoms with E-state index in [4.69, 9.17) is 10.5 Å².